The van der Waals surface area contributed by atoms with E-state index in [1.54, 1.807) is 17.0 Å². The van der Waals surface area contributed by atoms with E-state index in [-0.39, 0.29) is 38.6 Å². The number of rotatable bonds is 9. The summed E-state index contributed by atoms with van der Waals surface area (Å²) < 4.78 is 28.6. The Balaban J connectivity index is 1.09. The van der Waals surface area contributed by atoms with Crippen LogP contribution in [-0.4, -0.2) is 118 Å². The van der Waals surface area contributed by atoms with Crippen LogP contribution in [-0.2, 0) is 46.4 Å². The Bertz CT molecular complexity index is 1650. The molecule has 0 aliphatic carbocycles. The van der Waals surface area contributed by atoms with Crippen LogP contribution in [0.1, 0.15) is 24.0 Å². The zero-order chi connectivity index (χ0) is 36.4. The molecule has 2 N–H and O–H groups in total. The van der Waals surface area contributed by atoms with E-state index in [0.717, 1.165) is 25.2 Å². The SMILES string of the molecule is O=C(N[C@@H](CCC(=O)N1CCOCCOCCN(Cc2c3ccccc3cc3ccccc23)CCOCCOCC1)C(=O)O)OCc1ccccc1. The average Bonchev–Trinajstić information content (AvgIpc) is 3.16. The predicted octanol–water partition coefficient (Wildman–Crippen LogP) is 4.86. The van der Waals surface area contributed by atoms with Gasteiger partial charge in [0.25, 0.3) is 0 Å². The Hall–Kier alpha value is -4.59. The number of hydrogen-bond donors (Lipinski definition) is 2. The molecule has 0 bridgehead atoms. The molecule has 12 heteroatoms. The lowest BCUT2D eigenvalue weighted by Gasteiger charge is -2.25. The van der Waals surface area contributed by atoms with E-state index in [0.29, 0.717) is 52.7 Å². The fourth-order valence-corrected chi connectivity index (χ4v) is 6.10. The number of carboxylic acids is 1. The third-order valence-corrected chi connectivity index (χ3v) is 8.93. The predicted molar refractivity (Wildman–Crippen MR) is 197 cm³/mol. The number of fused-ring (bicyclic) bond motifs is 2. The highest BCUT2D eigenvalue weighted by atomic mass is 16.5. The third-order valence-electron chi connectivity index (χ3n) is 8.93. The van der Waals surface area contributed by atoms with E-state index in [1.807, 2.05) is 18.2 Å². The highest BCUT2D eigenvalue weighted by molar-refractivity contribution is 6.02. The zero-order valence-electron chi connectivity index (χ0n) is 29.6. The summed E-state index contributed by atoms with van der Waals surface area (Å²) in [5.74, 6) is -1.51. The van der Waals surface area contributed by atoms with Crippen molar-refractivity contribution in [2.75, 3.05) is 79.0 Å². The second kappa shape index (κ2) is 21.1. The Morgan fingerprint density at radius 2 is 1.21 bits per heavy atom. The van der Waals surface area contributed by atoms with Gasteiger partial charge in [0.1, 0.15) is 12.6 Å². The number of carbonyl (C=O) groups excluding carboxylic acids is 2. The number of nitrogens with zero attached hydrogens (tertiary/aromatic N) is 2. The lowest BCUT2D eigenvalue weighted by atomic mass is 9.96. The topological polar surface area (TPSA) is 136 Å². The van der Waals surface area contributed by atoms with E-state index >= 15 is 0 Å². The first-order chi connectivity index (χ1) is 25.5. The quantitative estimate of drug-likeness (QED) is 0.231. The van der Waals surface area contributed by atoms with Crippen LogP contribution in [0.2, 0.25) is 0 Å². The van der Waals surface area contributed by atoms with Crippen LogP contribution in [0.4, 0.5) is 4.79 Å². The van der Waals surface area contributed by atoms with E-state index in [4.69, 9.17) is 23.7 Å². The average molecular weight is 716 g/mol. The van der Waals surface area contributed by atoms with Crippen molar-refractivity contribution in [2.24, 2.45) is 0 Å². The van der Waals surface area contributed by atoms with Gasteiger partial charge in [-0.25, -0.2) is 9.59 Å². The molecule has 4 aromatic rings. The second-order valence-corrected chi connectivity index (χ2v) is 12.5. The van der Waals surface area contributed by atoms with Crippen LogP contribution in [0.5, 0.6) is 0 Å². The highest BCUT2D eigenvalue weighted by Gasteiger charge is 2.24. The van der Waals surface area contributed by atoms with Crippen molar-refractivity contribution in [3.8, 4) is 0 Å². The number of aliphatic carboxylic acids is 1. The number of benzene rings is 4. The molecule has 5 rings (SSSR count). The first-order valence-electron chi connectivity index (χ1n) is 17.9. The first-order valence-corrected chi connectivity index (χ1v) is 17.9. The zero-order valence-corrected chi connectivity index (χ0v) is 29.6. The molecular weight excluding hydrogens is 666 g/mol. The molecule has 0 aromatic heterocycles. The summed E-state index contributed by atoms with van der Waals surface area (Å²) in [6, 6.07) is 27.0. The van der Waals surface area contributed by atoms with Gasteiger partial charge in [-0.2, -0.15) is 0 Å². The number of nitrogens with one attached hydrogen (secondary N) is 1. The van der Waals surface area contributed by atoms with Crippen molar-refractivity contribution in [1.82, 2.24) is 15.1 Å². The minimum absolute atomic E-state index is 0.00374. The van der Waals surface area contributed by atoms with Gasteiger partial charge in [-0.3, -0.25) is 9.69 Å². The molecule has 0 spiro atoms. The number of carboxylic acid groups (broad SMARTS) is 1. The molecule has 1 fully saturated rings. The number of ether oxygens (including phenoxy) is 5. The Labute approximate surface area is 304 Å². The van der Waals surface area contributed by atoms with Gasteiger partial charge in [0, 0.05) is 39.1 Å². The molecular formula is C40H49N3O9. The van der Waals surface area contributed by atoms with Crippen LogP contribution in [0.3, 0.4) is 0 Å². The second-order valence-electron chi connectivity index (χ2n) is 12.5. The van der Waals surface area contributed by atoms with E-state index in [2.05, 4.69) is 64.8 Å². The number of alkyl carbamates (subject to hydrolysis) is 1. The molecule has 0 radical (unpaired) electrons. The lowest BCUT2D eigenvalue weighted by molar-refractivity contribution is -0.140. The normalized spacial score (nSPS) is 16.8. The smallest absolute Gasteiger partial charge is 0.408 e. The molecule has 4 aromatic carbocycles. The summed E-state index contributed by atoms with van der Waals surface area (Å²) in [6.45, 7) is 5.97. The minimum atomic E-state index is -1.28. The number of amides is 2. The van der Waals surface area contributed by atoms with E-state index in [1.165, 1.54) is 27.1 Å². The molecule has 1 saturated heterocycles. The van der Waals surface area contributed by atoms with Crippen LogP contribution in [0.25, 0.3) is 21.5 Å². The lowest BCUT2D eigenvalue weighted by Crippen LogP contribution is -2.43. The van der Waals surface area contributed by atoms with Gasteiger partial charge in [-0.05, 0) is 45.2 Å². The van der Waals surface area contributed by atoms with Gasteiger partial charge in [-0.1, -0.05) is 78.9 Å². The molecule has 1 aliphatic heterocycles. The Morgan fingerprint density at radius 1 is 0.692 bits per heavy atom. The van der Waals surface area contributed by atoms with E-state index in [9.17, 15) is 19.5 Å². The van der Waals surface area contributed by atoms with Crippen molar-refractivity contribution in [2.45, 2.75) is 32.0 Å². The standard InChI is InChI=1S/C40H49N3O9/c44-38(15-14-37(39(45)46)41-40(47)52-30-31-8-2-1-3-9-31)43-18-22-50-26-24-48-20-16-42(17-21-49-25-27-51-23-19-43)29-36-34-12-6-4-10-32(34)28-33-11-5-7-13-35(33)36/h1-13,28,37H,14-27,29-30H2,(H,41,47)(H,45,46)/t37-/m0/s1. The van der Waals surface area contributed by atoms with Crippen molar-refractivity contribution in [3.63, 3.8) is 0 Å². The van der Waals surface area contributed by atoms with Crippen molar-refractivity contribution < 1.29 is 43.2 Å². The monoisotopic (exact) mass is 715 g/mol. The molecule has 52 heavy (non-hydrogen) atoms. The summed E-state index contributed by atoms with van der Waals surface area (Å²) >= 11 is 0. The number of carbonyl (C=O) groups is 3. The fraction of sp³-hybridized carbons (Fsp3) is 0.425. The number of hydrogen-bond acceptors (Lipinski definition) is 9. The van der Waals surface area contributed by atoms with Crippen LogP contribution in [0, 0.1) is 0 Å². The van der Waals surface area contributed by atoms with Gasteiger partial charge in [0.05, 0.1) is 52.9 Å². The van der Waals surface area contributed by atoms with Crippen LogP contribution >= 0.6 is 0 Å². The highest BCUT2D eigenvalue weighted by Crippen LogP contribution is 2.29. The van der Waals surface area contributed by atoms with Crippen LogP contribution < -0.4 is 5.32 Å². The summed E-state index contributed by atoms with van der Waals surface area (Å²) in [6.07, 6.45) is -1.05. The maximum atomic E-state index is 13.2. The van der Waals surface area contributed by atoms with Gasteiger partial charge in [0.2, 0.25) is 5.91 Å². The van der Waals surface area contributed by atoms with Crippen molar-refractivity contribution in [3.05, 3.63) is 96.1 Å². The van der Waals surface area contributed by atoms with Crippen molar-refractivity contribution in [1.29, 1.82) is 0 Å². The summed E-state index contributed by atoms with van der Waals surface area (Å²) in [5.41, 5.74) is 2.06. The summed E-state index contributed by atoms with van der Waals surface area (Å²) in [5, 5.41) is 16.9. The van der Waals surface area contributed by atoms with E-state index < -0.39 is 18.1 Å². The van der Waals surface area contributed by atoms with Crippen molar-refractivity contribution >= 4 is 39.5 Å². The third kappa shape index (κ3) is 12.3. The molecule has 0 saturated carbocycles. The van der Waals surface area contributed by atoms with Crippen LogP contribution in [0.15, 0.2) is 84.9 Å². The van der Waals surface area contributed by atoms with Gasteiger partial charge in [-0.15, -0.1) is 0 Å². The Kier molecular flexibility index (Phi) is 15.6. The van der Waals surface area contributed by atoms with Gasteiger partial charge in [0.15, 0.2) is 0 Å². The molecule has 1 aliphatic rings. The minimum Gasteiger partial charge on any atom is -0.480 e. The molecule has 12 nitrogen and oxygen atoms in total. The molecule has 2 amide bonds. The fourth-order valence-electron chi connectivity index (χ4n) is 6.10. The van der Waals surface area contributed by atoms with Gasteiger partial charge >= 0.3 is 12.1 Å². The molecule has 1 atom stereocenters. The van der Waals surface area contributed by atoms with Gasteiger partial charge < -0.3 is 39.0 Å². The molecule has 278 valence electrons. The molecule has 1 heterocycles. The maximum Gasteiger partial charge on any atom is 0.408 e. The Morgan fingerprint density at radius 3 is 1.77 bits per heavy atom. The largest absolute Gasteiger partial charge is 0.480 e. The summed E-state index contributed by atoms with van der Waals surface area (Å²) in [4.78, 5) is 41.2. The first kappa shape index (κ1) is 38.6. The maximum absolute atomic E-state index is 13.2. The summed E-state index contributed by atoms with van der Waals surface area (Å²) in [7, 11) is 0. The molecule has 0 unspecified atom stereocenters.